The maximum atomic E-state index is 2.31. The number of allylic oxidation sites excluding steroid dienone is 4. The molecule has 0 N–H and O–H groups in total. The van der Waals surface area contributed by atoms with Gasteiger partial charge in [-0.15, -0.1) is 0 Å². The third kappa shape index (κ3) is 4.38. The molecule has 1 atom stereocenters. The molecule has 0 aromatic heterocycles. The van der Waals surface area contributed by atoms with Gasteiger partial charge in [-0.05, 0) is 25.7 Å². The first-order valence-electron chi connectivity index (χ1n) is 5.07. The van der Waals surface area contributed by atoms with Crippen LogP contribution in [0.2, 0.25) is 0 Å². The van der Waals surface area contributed by atoms with Crippen LogP contribution in [0.1, 0.15) is 47.0 Å². The van der Waals surface area contributed by atoms with Crippen molar-refractivity contribution in [2.45, 2.75) is 47.0 Å². The van der Waals surface area contributed by atoms with Gasteiger partial charge in [0.2, 0.25) is 0 Å². The summed E-state index contributed by atoms with van der Waals surface area (Å²) in [5.74, 6) is 0.751. The quantitative estimate of drug-likeness (QED) is 0.533. The molecule has 0 aliphatic carbocycles. The van der Waals surface area contributed by atoms with E-state index < -0.39 is 0 Å². The molecule has 70 valence electrons. The molecule has 12 heavy (non-hydrogen) atoms. The summed E-state index contributed by atoms with van der Waals surface area (Å²) in [6.45, 7) is 8.87. The van der Waals surface area contributed by atoms with Crippen molar-refractivity contribution in [3.63, 3.8) is 0 Å². The van der Waals surface area contributed by atoms with Crippen molar-refractivity contribution in [2.75, 3.05) is 0 Å². The molecule has 0 nitrogen and oxygen atoms in total. The van der Waals surface area contributed by atoms with E-state index in [9.17, 15) is 0 Å². The van der Waals surface area contributed by atoms with Gasteiger partial charge in [0.25, 0.3) is 0 Å². The molecule has 0 heterocycles. The van der Waals surface area contributed by atoms with Crippen LogP contribution in [0.25, 0.3) is 0 Å². The fraction of sp³-hybridized carbons (Fsp3) is 0.667. The molecule has 1 unspecified atom stereocenters. The van der Waals surface area contributed by atoms with Crippen LogP contribution < -0.4 is 0 Å². The zero-order valence-corrected chi connectivity index (χ0v) is 8.93. The molecular formula is C12H22. The van der Waals surface area contributed by atoms with E-state index in [1.807, 2.05) is 0 Å². The summed E-state index contributed by atoms with van der Waals surface area (Å²) < 4.78 is 0. The lowest BCUT2D eigenvalue weighted by molar-refractivity contribution is 0.618. The summed E-state index contributed by atoms with van der Waals surface area (Å²) in [6, 6.07) is 0. The van der Waals surface area contributed by atoms with Crippen LogP contribution in [0.15, 0.2) is 23.8 Å². The second kappa shape index (κ2) is 7.15. The molecule has 0 rings (SSSR count). The second-order valence-corrected chi connectivity index (χ2v) is 3.33. The molecule has 0 saturated heterocycles. The monoisotopic (exact) mass is 166 g/mol. The highest BCUT2D eigenvalue weighted by Crippen LogP contribution is 2.19. The van der Waals surface area contributed by atoms with Gasteiger partial charge in [-0.1, -0.05) is 51.0 Å². The Morgan fingerprint density at radius 1 is 1.33 bits per heavy atom. The fourth-order valence-electron chi connectivity index (χ4n) is 1.26. The molecule has 0 bridgehead atoms. The third-order valence-corrected chi connectivity index (χ3v) is 2.29. The van der Waals surface area contributed by atoms with Crippen molar-refractivity contribution in [3.8, 4) is 0 Å². The van der Waals surface area contributed by atoms with E-state index >= 15 is 0 Å². The molecule has 0 aromatic carbocycles. The number of rotatable bonds is 5. The Labute approximate surface area is 77.4 Å². The van der Waals surface area contributed by atoms with Gasteiger partial charge in [-0.25, -0.2) is 0 Å². The highest BCUT2D eigenvalue weighted by Gasteiger charge is 2.03. The van der Waals surface area contributed by atoms with Crippen LogP contribution >= 0.6 is 0 Å². The van der Waals surface area contributed by atoms with Crippen LogP contribution in [0, 0.1) is 5.92 Å². The normalized spacial score (nSPS) is 15.5. The van der Waals surface area contributed by atoms with Gasteiger partial charge in [0.15, 0.2) is 0 Å². The molecule has 0 fully saturated rings. The summed E-state index contributed by atoms with van der Waals surface area (Å²) in [7, 11) is 0. The van der Waals surface area contributed by atoms with Gasteiger partial charge in [0.1, 0.15) is 0 Å². The van der Waals surface area contributed by atoms with Crippen molar-refractivity contribution in [1.82, 2.24) is 0 Å². The van der Waals surface area contributed by atoms with E-state index in [1.165, 1.54) is 19.3 Å². The Morgan fingerprint density at radius 2 is 2.00 bits per heavy atom. The van der Waals surface area contributed by atoms with Crippen molar-refractivity contribution < 1.29 is 0 Å². The summed E-state index contributed by atoms with van der Waals surface area (Å²) in [4.78, 5) is 0. The molecule has 0 radical (unpaired) electrons. The predicted molar refractivity (Wildman–Crippen MR) is 57.3 cm³/mol. The standard InChI is InChI=1S/C12H22/c1-5-8-10-12(9-6-2)11(4)7-3/h5,8,10-11H,6-7,9H2,1-4H3/b8-5-,12-10-. The summed E-state index contributed by atoms with van der Waals surface area (Å²) in [5.41, 5.74) is 1.60. The van der Waals surface area contributed by atoms with Gasteiger partial charge >= 0.3 is 0 Å². The van der Waals surface area contributed by atoms with Crippen molar-refractivity contribution >= 4 is 0 Å². The van der Waals surface area contributed by atoms with Crippen LogP contribution in [-0.4, -0.2) is 0 Å². The third-order valence-electron chi connectivity index (χ3n) is 2.29. The lowest BCUT2D eigenvalue weighted by atomic mass is 9.94. The smallest absolute Gasteiger partial charge is 0.0231 e. The largest absolute Gasteiger partial charge is 0.0877 e. The van der Waals surface area contributed by atoms with Crippen LogP contribution in [-0.2, 0) is 0 Å². The Bertz CT molecular complexity index is 151. The predicted octanol–water partition coefficient (Wildman–Crippen LogP) is 4.34. The van der Waals surface area contributed by atoms with E-state index in [1.54, 1.807) is 5.57 Å². The minimum Gasteiger partial charge on any atom is -0.0877 e. The SMILES string of the molecule is C/C=C\C=C(\CCC)C(C)CC. The molecular weight excluding hydrogens is 144 g/mol. The van der Waals surface area contributed by atoms with Gasteiger partial charge in [-0.3, -0.25) is 0 Å². The van der Waals surface area contributed by atoms with E-state index in [4.69, 9.17) is 0 Å². The van der Waals surface area contributed by atoms with Crippen LogP contribution in [0.4, 0.5) is 0 Å². The topological polar surface area (TPSA) is 0 Å². The highest BCUT2D eigenvalue weighted by molar-refractivity contribution is 5.14. The van der Waals surface area contributed by atoms with Gasteiger partial charge in [0.05, 0.1) is 0 Å². The zero-order chi connectivity index (χ0) is 9.40. The maximum Gasteiger partial charge on any atom is -0.0231 e. The molecule has 0 amide bonds. The number of hydrogen-bond acceptors (Lipinski definition) is 0. The second-order valence-electron chi connectivity index (χ2n) is 3.33. The molecule has 0 spiro atoms. The highest BCUT2D eigenvalue weighted by atomic mass is 14.1. The average molecular weight is 166 g/mol. The van der Waals surface area contributed by atoms with Gasteiger partial charge in [-0.2, -0.15) is 0 Å². The molecule has 0 saturated carbocycles. The van der Waals surface area contributed by atoms with E-state index in [2.05, 4.69) is 45.9 Å². The summed E-state index contributed by atoms with van der Waals surface area (Å²) in [5, 5.41) is 0. The summed E-state index contributed by atoms with van der Waals surface area (Å²) in [6.07, 6.45) is 10.3. The van der Waals surface area contributed by atoms with Gasteiger partial charge in [0, 0.05) is 0 Å². The van der Waals surface area contributed by atoms with Crippen molar-refractivity contribution in [2.24, 2.45) is 5.92 Å². The molecule has 0 aromatic rings. The fourth-order valence-corrected chi connectivity index (χ4v) is 1.26. The van der Waals surface area contributed by atoms with Gasteiger partial charge < -0.3 is 0 Å². The molecule has 0 heteroatoms. The first kappa shape index (κ1) is 11.5. The zero-order valence-electron chi connectivity index (χ0n) is 8.93. The van der Waals surface area contributed by atoms with Crippen LogP contribution in [0.3, 0.4) is 0 Å². The lowest BCUT2D eigenvalue weighted by Gasteiger charge is -2.12. The Hall–Kier alpha value is -0.520. The average Bonchev–Trinajstić information content (AvgIpc) is 2.11. The number of hydrogen-bond donors (Lipinski definition) is 0. The first-order valence-corrected chi connectivity index (χ1v) is 5.07. The van der Waals surface area contributed by atoms with E-state index in [-0.39, 0.29) is 0 Å². The minimum atomic E-state index is 0.751. The summed E-state index contributed by atoms with van der Waals surface area (Å²) >= 11 is 0. The van der Waals surface area contributed by atoms with Crippen molar-refractivity contribution in [1.29, 1.82) is 0 Å². The lowest BCUT2D eigenvalue weighted by Crippen LogP contribution is -1.96. The molecule has 0 aliphatic rings. The van der Waals surface area contributed by atoms with E-state index in [0.29, 0.717) is 0 Å². The first-order chi connectivity index (χ1) is 5.76. The van der Waals surface area contributed by atoms with Crippen LogP contribution in [0.5, 0.6) is 0 Å². The Kier molecular flexibility index (Phi) is 6.84. The Balaban J connectivity index is 4.20. The van der Waals surface area contributed by atoms with Crippen molar-refractivity contribution in [3.05, 3.63) is 23.8 Å². The molecule has 0 aliphatic heterocycles. The Morgan fingerprint density at radius 3 is 2.42 bits per heavy atom. The maximum absolute atomic E-state index is 2.31. The minimum absolute atomic E-state index is 0.751. The van der Waals surface area contributed by atoms with E-state index in [0.717, 1.165) is 5.92 Å².